The Labute approximate surface area is 127 Å². The summed E-state index contributed by atoms with van der Waals surface area (Å²) >= 11 is 7.67. The van der Waals surface area contributed by atoms with Crippen LogP contribution in [0.3, 0.4) is 0 Å². The van der Waals surface area contributed by atoms with Crippen LogP contribution in [0.5, 0.6) is 0 Å². The molecule has 1 aromatic rings. The van der Waals surface area contributed by atoms with Crippen LogP contribution in [0.2, 0.25) is 5.02 Å². The molecule has 0 saturated carbocycles. The van der Waals surface area contributed by atoms with Crippen molar-refractivity contribution in [2.45, 2.75) is 6.42 Å². The zero-order valence-electron chi connectivity index (χ0n) is 11.1. The predicted octanol–water partition coefficient (Wildman–Crippen LogP) is 2.32. The molecule has 0 saturated heterocycles. The van der Waals surface area contributed by atoms with Gasteiger partial charge in [0, 0.05) is 0 Å². The van der Waals surface area contributed by atoms with Gasteiger partial charge in [-0.1, -0.05) is 11.6 Å². The topological polar surface area (TPSA) is 78.4 Å². The molecule has 7 heteroatoms. The zero-order chi connectivity index (χ0) is 15.0. The molecule has 0 radical (unpaired) electrons. The van der Waals surface area contributed by atoms with Crippen molar-refractivity contribution in [2.75, 3.05) is 30.4 Å². The lowest BCUT2D eigenvalue weighted by Crippen LogP contribution is -2.29. The highest BCUT2D eigenvalue weighted by Gasteiger charge is 2.09. The van der Waals surface area contributed by atoms with E-state index in [0.717, 1.165) is 18.7 Å². The van der Waals surface area contributed by atoms with Gasteiger partial charge in [-0.15, -0.1) is 0 Å². The van der Waals surface area contributed by atoms with Crippen LogP contribution in [-0.2, 0) is 4.79 Å². The standard InChI is InChI=1S/C13H17ClN2O3S/c1-20-6-2-5-15-8-12(17)16-11-7-9(13(18)19)3-4-10(11)14/h3-4,7,15H,2,5-6,8H2,1H3,(H,16,17)(H,18,19). The molecule has 0 aromatic heterocycles. The third-order valence-corrected chi connectivity index (χ3v) is 3.50. The number of carboxylic acid groups (broad SMARTS) is 1. The first-order valence-corrected chi connectivity index (χ1v) is 7.84. The van der Waals surface area contributed by atoms with Gasteiger partial charge in [0.1, 0.15) is 0 Å². The maximum Gasteiger partial charge on any atom is 0.335 e. The molecule has 0 spiro atoms. The smallest absolute Gasteiger partial charge is 0.335 e. The van der Waals surface area contributed by atoms with Crippen LogP contribution in [0.4, 0.5) is 5.69 Å². The van der Waals surface area contributed by atoms with E-state index in [4.69, 9.17) is 16.7 Å². The van der Waals surface area contributed by atoms with Gasteiger partial charge >= 0.3 is 5.97 Å². The first-order valence-electron chi connectivity index (χ1n) is 6.07. The number of carbonyl (C=O) groups excluding carboxylic acids is 1. The van der Waals surface area contributed by atoms with Gasteiger partial charge in [0.25, 0.3) is 0 Å². The minimum Gasteiger partial charge on any atom is -0.478 e. The molecule has 20 heavy (non-hydrogen) atoms. The fraction of sp³-hybridized carbons (Fsp3) is 0.385. The molecule has 1 amide bonds. The van der Waals surface area contributed by atoms with E-state index in [1.807, 2.05) is 6.26 Å². The lowest BCUT2D eigenvalue weighted by Gasteiger charge is -2.09. The molecule has 0 heterocycles. The van der Waals surface area contributed by atoms with E-state index in [-0.39, 0.29) is 18.0 Å². The van der Waals surface area contributed by atoms with Crippen LogP contribution in [0, 0.1) is 0 Å². The number of amides is 1. The number of halogens is 1. The second-order valence-corrected chi connectivity index (χ2v) is 5.46. The molecule has 1 rings (SSSR count). The lowest BCUT2D eigenvalue weighted by molar-refractivity contribution is -0.115. The van der Waals surface area contributed by atoms with Crippen molar-refractivity contribution in [3.8, 4) is 0 Å². The van der Waals surface area contributed by atoms with Crippen molar-refractivity contribution in [1.29, 1.82) is 0 Å². The second kappa shape index (κ2) is 8.84. The number of carbonyl (C=O) groups is 2. The molecule has 0 aliphatic heterocycles. The summed E-state index contributed by atoms with van der Waals surface area (Å²) < 4.78 is 0. The molecule has 110 valence electrons. The van der Waals surface area contributed by atoms with Gasteiger partial charge in [-0.2, -0.15) is 11.8 Å². The minimum absolute atomic E-state index is 0.0811. The Bertz CT molecular complexity index is 483. The van der Waals surface area contributed by atoms with Crippen molar-refractivity contribution in [3.05, 3.63) is 28.8 Å². The number of benzene rings is 1. The minimum atomic E-state index is -1.06. The summed E-state index contributed by atoms with van der Waals surface area (Å²) in [5, 5.41) is 14.8. The van der Waals surface area contributed by atoms with Crippen LogP contribution < -0.4 is 10.6 Å². The van der Waals surface area contributed by atoms with Gasteiger partial charge < -0.3 is 15.7 Å². The normalized spacial score (nSPS) is 10.3. The van der Waals surface area contributed by atoms with E-state index in [1.54, 1.807) is 11.8 Å². The van der Waals surface area contributed by atoms with E-state index >= 15 is 0 Å². The summed E-state index contributed by atoms with van der Waals surface area (Å²) in [6.45, 7) is 0.930. The Morgan fingerprint density at radius 1 is 1.40 bits per heavy atom. The van der Waals surface area contributed by atoms with Crippen LogP contribution in [-0.4, -0.2) is 42.1 Å². The highest BCUT2D eigenvalue weighted by atomic mass is 35.5. The van der Waals surface area contributed by atoms with Crippen molar-refractivity contribution in [1.82, 2.24) is 5.32 Å². The van der Waals surface area contributed by atoms with Gasteiger partial charge in [-0.25, -0.2) is 4.79 Å². The first kappa shape index (κ1) is 16.8. The summed E-state index contributed by atoms with van der Waals surface area (Å²) in [6, 6.07) is 4.18. The zero-order valence-corrected chi connectivity index (χ0v) is 12.7. The largest absolute Gasteiger partial charge is 0.478 e. The van der Waals surface area contributed by atoms with Crippen LogP contribution >= 0.6 is 23.4 Å². The number of hydrogen-bond donors (Lipinski definition) is 3. The predicted molar refractivity (Wildman–Crippen MR) is 82.9 cm³/mol. The van der Waals surface area contributed by atoms with E-state index in [1.165, 1.54) is 18.2 Å². The first-order chi connectivity index (χ1) is 9.54. The van der Waals surface area contributed by atoms with Crippen LogP contribution in [0.25, 0.3) is 0 Å². The molecule has 0 unspecified atom stereocenters. The number of thioether (sulfide) groups is 1. The van der Waals surface area contributed by atoms with E-state index in [9.17, 15) is 9.59 Å². The Morgan fingerprint density at radius 3 is 2.80 bits per heavy atom. The Balaban J connectivity index is 2.49. The molecule has 0 fully saturated rings. The van der Waals surface area contributed by atoms with Crippen LogP contribution in [0.1, 0.15) is 16.8 Å². The fourth-order valence-electron chi connectivity index (χ4n) is 1.49. The summed E-state index contributed by atoms with van der Waals surface area (Å²) in [4.78, 5) is 22.5. The van der Waals surface area contributed by atoms with Gasteiger partial charge in [0.2, 0.25) is 5.91 Å². The number of aromatic carboxylic acids is 1. The van der Waals surface area contributed by atoms with Crippen molar-refractivity contribution in [3.63, 3.8) is 0 Å². The Kier molecular flexibility index (Phi) is 7.43. The summed E-state index contributed by atoms with van der Waals surface area (Å²) in [6.07, 6.45) is 3.02. The highest BCUT2D eigenvalue weighted by Crippen LogP contribution is 2.22. The van der Waals surface area contributed by atoms with Crippen LogP contribution in [0.15, 0.2) is 18.2 Å². The van der Waals surface area contributed by atoms with Crippen molar-refractivity contribution >= 4 is 40.9 Å². The molecule has 0 bridgehead atoms. The summed E-state index contributed by atoms with van der Waals surface area (Å²) in [5.41, 5.74) is 0.389. The molecule has 5 nitrogen and oxygen atoms in total. The highest BCUT2D eigenvalue weighted by molar-refractivity contribution is 7.98. The van der Waals surface area contributed by atoms with E-state index < -0.39 is 5.97 Å². The van der Waals surface area contributed by atoms with E-state index in [0.29, 0.717) is 10.7 Å². The Morgan fingerprint density at radius 2 is 2.15 bits per heavy atom. The molecule has 1 aromatic carbocycles. The maximum absolute atomic E-state index is 11.7. The number of anilines is 1. The molecule has 0 aliphatic rings. The average molecular weight is 317 g/mol. The van der Waals surface area contributed by atoms with Gasteiger partial charge in [-0.05, 0) is 43.2 Å². The van der Waals surface area contributed by atoms with Gasteiger partial charge in [0.15, 0.2) is 0 Å². The number of carboxylic acids is 1. The number of nitrogens with one attached hydrogen (secondary N) is 2. The van der Waals surface area contributed by atoms with E-state index in [2.05, 4.69) is 10.6 Å². The second-order valence-electron chi connectivity index (χ2n) is 4.07. The van der Waals surface area contributed by atoms with Gasteiger partial charge in [0.05, 0.1) is 22.8 Å². The average Bonchev–Trinajstić information content (AvgIpc) is 2.40. The molecular formula is C13H17ClN2O3S. The molecular weight excluding hydrogens is 300 g/mol. The monoisotopic (exact) mass is 316 g/mol. The quantitative estimate of drug-likeness (QED) is 0.642. The third-order valence-electron chi connectivity index (χ3n) is 2.47. The molecule has 0 aliphatic carbocycles. The molecule has 3 N–H and O–H groups in total. The maximum atomic E-state index is 11.7. The molecule has 0 atom stereocenters. The summed E-state index contributed by atoms with van der Waals surface area (Å²) in [5.74, 6) is -0.271. The van der Waals surface area contributed by atoms with Gasteiger partial charge in [-0.3, -0.25) is 4.79 Å². The lowest BCUT2D eigenvalue weighted by atomic mass is 10.2. The summed E-state index contributed by atoms with van der Waals surface area (Å²) in [7, 11) is 0. The fourth-order valence-corrected chi connectivity index (χ4v) is 2.09. The SMILES string of the molecule is CSCCCNCC(=O)Nc1cc(C(=O)O)ccc1Cl. The van der Waals surface area contributed by atoms with Crippen molar-refractivity contribution < 1.29 is 14.7 Å². The number of hydrogen-bond acceptors (Lipinski definition) is 4. The Hall–Kier alpha value is -1.24. The van der Waals surface area contributed by atoms with Crippen molar-refractivity contribution in [2.24, 2.45) is 0 Å². The number of rotatable bonds is 8. The third kappa shape index (κ3) is 5.81.